The topological polar surface area (TPSA) is 57.6 Å². The third-order valence-electron chi connectivity index (χ3n) is 3.46. The SMILES string of the molecule is O=C(O)[C@H](Cc1ccc(Br)cc1)N1CC(CBr)CC1=O. The van der Waals surface area contributed by atoms with Crippen molar-refractivity contribution < 1.29 is 14.7 Å². The van der Waals surface area contributed by atoms with Crippen LogP contribution in [0.15, 0.2) is 28.7 Å². The molecule has 1 aromatic rings. The molecule has 1 saturated heterocycles. The second-order valence-electron chi connectivity index (χ2n) is 4.96. The van der Waals surface area contributed by atoms with Crippen LogP contribution in [-0.4, -0.2) is 39.8 Å². The summed E-state index contributed by atoms with van der Waals surface area (Å²) in [5.41, 5.74) is 0.913. The van der Waals surface area contributed by atoms with Crippen molar-refractivity contribution >= 4 is 43.7 Å². The highest BCUT2D eigenvalue weighted by molar-refractivity contribution is 9.10. The third kappa shape index (κ3) is 3.61. The number of benzene rings is 1. The maximum absolute atomic E-state index is 12.0. The first kappa shape index (κ1) is 15.5. The number of carbonyl (C=O) groups is 2. The van der Waals surface area contributed by atoms with Crippen molar-refractivity contribution in [3.63, 3.8) is 0 Å². The first-order chi connectivity index (χ1) is 9.51. The summed E-state index contributed by atoms with van der Waals surface area (Å²) in [6.45, 7) is 0.511. The highest BCUT2D eigenvalue weighted by Gasteiger charge is 2.37. The standard InChI is InChI=1S/C14H15Br2NO3/c15-7-10-6-13(18)17(8-10)12(14(19)20)5-9-1-3-11(16)4-2-9/h1-4,10,12H,5-8H2,(H,19,20)/t10?,12-/m0/s1. The van der Waals surface area contributed by atoms with Crippen molar-refractivity contribution in [3.05, 3.63) is 34.3 Å². The Morgan fingerprint density at radius 3 is 2.55 bits per heavy atom. The molecular weight excluding hydrogens is 390 g/mol. The minimum Gasteiger partial charge on any atom is -0.480 e. The molecule has 1 heterocycles. The average molecular weight is 405 g/mol. The van der Waals surface area contributed by atoms with Crippen LogP contribution in [0.4, 0.5) is 0 Å². The molecule has 1 aromatic carbocycles. The molecule has 0 saturated carbocycles. The van der Waals surface area contributed by atoms with Gasteiger partial charge in [0.1, 0.15) is 6.04 Å². The zero-order chi connectivity index (χ0) is 14.7. The Kier molecular flexibility index (Phi) is 5.21. The third-order valence-corrected chi connectivity index (χ3v) is 4.90. The summed E-state index contributed by atoms with van der Waals surface area (Å²) < 4.78 is 0.949. The summed E-state index contributed by atoms with van der Waals surface area (Å²) in [6.07, 6.45) is 0.763. The number of nitrogens with zero attached hydrogens (tertiary/aromatic N) is 1. The summed E-state index contributed by atoms with van der Waals surface area (Å²) in [6, 6.07) is 6.72. The average Bonchev–Trinajstić information content (AvgIpc) is 2.79. The molecule has 1 unspecified atom stereocenters. The fraction of sp³-hybridized carbons (Fsp3) is 0.429. The molecule has 0 aliphatic carbocycles. The van der Waals surface area contributed by atoms with E-state index in [4.69, 9.17) is 0 Å². The second-order valence-corrected chi connectivity index (χ2v) is 6.52. The largest absolute Gasteiger partial charge is 0.480 e. The number of amides is 1. The number of hydrogen-bond acceptors (Lipinski definition) is 2. The molecule has 2 rings (SSSR count). The lowest BCUT2D eigenvalue weighted by Crippen LogP contribution is -2.43. The summed E-state index contributed by atoms with van der Waals surface area (Å²) in [4.78, 5) is 24.9. The molecule has 1 N–H and O–H groups in total. The monoisotopic (exact) mass is 403 g/mol. The van der Waals surface area contributed by atoms with E-state index in [0.717, 1.165) is 15.4 Å². The maximum atomic E-state index is 12.0. The van der Waals surface area contributed by atoms with Gasteiger partial charge in [-0.15, -0.1) is 0 Å². The van der Waals surface area contributed by atoms with Gasteiger partial charge in [0.05, 0.1) is 0 Å². The Hall–Kier alpha value is -0.880. The molecule has 6 heteroatoms. The number of rotatable bonds is 5. The van der Waals surface area contributed by atoms with E-state index in [1.807, 2.05) is 24.3 Å². The number of likely N-dealkylation sites (tertiary alicyclic amines) is 1. The van der Waals surface area contributed by atoms with Crippen LogP contribution >= 0.6 is 31.9 Å². The highest BCUT2D eigenvalue weighted by atomic mass is 79.9. The molecule has 1 aliphatic heterocycles. The van der Waals surface area contributed by atoms with Gasteiger partial charge in [-0.05, 0) is 23.6 Å². The van der Waals surface area contributed by atoms with Crippen molar-refractivity contribution in [2.75, 3.05) is 11.9 Å². The fourth-order valence-electron chi connectivity index (χ4n) is 2.39. The van der Waals surface area contributed by atoms with Gasteiger partial charge in [-0.3, -0.25) is 4.79 Å². The van der Waals surface area contributed by atoms with Gasteiger partial charge in [0.25, 0.3) is 0 Å². The lowest BCUT2D eigenvalue weighted by Gasteiger charge is -2.24. The summed E-state index contributed by atoms with van der Waals surface area (Å²) >= 11 is 6.71. The van der Waals surface area contributed by atoms with E-state index >= 15 is 0 Å². The van der Waals surface area contributed by atoms with Crippen LogP contribution < -0.4 is 0 Å². The van der Waals surface area contributed by atoms with Crippen molar-refractivity contribution in [1.29, 1.82) is 0 Å². The molecular formula is C14H15Br2NO3. The van der Waals surface area contributed by atoms with Gasteiger partial charge in [-0.1, -0.05) is 44.0 Å². The Morgan fingerprint density at radius 2 is 2.05 bits per heavy atom. The van der Waals surface area contributed by atoms with E-state index in [1.54, 1.807) is 0 Å². The van der Waals surface area contributed by atoms with Crippen LogP contribution in [-0.2, 0) is 16.0 Å². The molecule has 0 spiro atoms. The van der Waals surface area contributed by atoms with E-state index in [0.29, 0.717) is 19.4 Å². The number of aliphatic carboxylic acids is 1. The zero-order valence-electron chi connectivity index (χ0n) is 10.8. The van der Waals surface area contributed by atoms with E-state index in [-0.39, 0.29) is 11.8 Å². The van der Waals surface area contributed by atoms with Crippen LogP contribution in [0.5, 0.6) is 0 Å². The first-order valence-corrected chi connectivity index (χ1v) is 8.25. The number of halogens is 2. The maximum Gasteiger partial charge on any atom is 0.326 e. The highest BCUT2D eigenvalue weighted by Crippen LogP contribution is 2.24. The second kappa shape index (κ2) is 6.72. The number of carboxylic acid groups (broad SMARTS) is 1. The lowest BCUT2D eigenvalue weighted by atomic mass is 10.0. The van der Waals surface area contributed by atoms with Crippen molar-refractivity contribution in [2.24, 2.45) is 5.92 Å². The van der Waals surface area contributed by atoms with E-state index in [1.165, 1.54) is 4.90 Å². The van der Waals surface area contributed by atoms with Crippen LogP contribution in [0.25, 0.3) is 0 Å². The first-order valence-electron chi connectivity index (χ1n) is 6.34. The van der Waals surface area contributed by atoms with E-state index in [9.17, 15) is 14.7 Å². The van der Waals surface area contributed by atoms with Crippen LogP contribution in [0.1, 0.15) is 12.0 Å². The molecule has 0 radical (unpaired) electrons. The number of carbonyl (C=O) groups excluding carboxylic acids is 1. The number of carboxylic acids is 1. The van der Waals surface area contributed by atoms with Crippen molar-refractivity contribution in [3.8, 4) is 0 Å². The fourth-order valence-corrected chi connectivity index (χ4v) is 3.09. The molecule has 20 heavy (non-hydrogen) atoms. The molecule has 1 amide bonds. The minimum absolute atomic E-state index is 0.0704. The number of alkyl halides is 1. The minimum atomic E-state index is -0.948. The number of hydrogen-bond donors (Lipinski definition) is 1. The van der Waals surface area contributed by atoms with Crippen LogP contribution in [0.3, 0.4) is 0 Å². The Balaban J connectivity index is 2.13. The Labute approximate surface area is 134 Å². The Morgan fingerprint density at radius 1 is 1.40 bits per heavy atom. The molecule has 108 valence electrons. The quantitative estimate of drug-likeness (QED) is 0.767. The molecule has 1 fully saturated rings. The molecule has 4 nitrogen and oxygen atoms in total. The predicted molar refractivity (Wildman–Crippen MR) is 82.9 cm³/mol. The van der Waals surface area contributed by atoms with Crippen LogP contribution in [0.2, 0.25) is 0 Å². The van der Waals surface area contributed by atoms with Gasteiger partial charge < -0.3 is 10.0 Å². The van der Waals surface area contributed by atoms with E-state index in [2.05, 4.69) is 31.9 Å². The molecule has 0 bridgehead atoms. The van der Waals surface area contributed by atoms with Gasteiger partial charge in [0.15, 0.2) is 0 Å². The summed E-state index contributed by atoms with van der Waals surface area (Å²) in [5, 5.41) is 10.1. The zero-order valence-corrected chi connectivity index (χ0v) is 13.9. The smallest absolute Gasteiger partial charge is 0.326 e. The van der Waals surface area contributed by atoms with Gasteiger partial charge in [0, 0.05) is 29.2 Å². The van der Waals surface area contributed by atoms with Gasteiger partial charge in [-0.25, -0.2) is 4.79 Å². The van der Waals surface area contributed by atoms with Gasteiger partial charge in [0.2, 0.25) is 5.91 Å². The van der Waals surface area contributed by atoms with Gasteiger partial charge in [-0.2, -0.15) is 0 Å². The summed E-state index contributed by atoms with van der Waals surface area (Å²) in [5.74, 6) is -0.815. The molecule has 1 aliphatic rings. The van der Waals surface area contributed by atoms with Crippen molar-refractivity contribution in [2.45, 2.75) is 18.9 Å². The molecule has 2 atom stereocenters. The normalized spacial score (nSPS) is 20.2. The van der Waals surface area contributed by atoms with E-state index < -0.39 is 12.0 Å². The Bertz CT molecular complexity index is 504. The van der Waals surface area contributed by atoms with Gasteiger partial charge >= 0.3 is 5.97 Å². The molecule has 0 aromatic heterocycles. The predicted octanol–water partition coefficient (Wildman–Crippen LogP) is 2.69. The van der Waals surface area contributed by atoms with Crippen molar-refractivity contribution in [1.82, 2.24) is 4.90 Å². The lowest BCUT2D eigenvalue weighted by molar-refractivity contribution is -0.148. The summed E-state index contributed by atoms with van der Waals surface area (Å²) in [7, 11) is 0. The van der Waals surface area contributed by atoms with Crippen LogP contribution in [0, 0.1) is 5.92 Å².